The fraction of sp³-hybridized carbons (Fsp3) is 0.476. The van der Waals surface area contributed by atoms with Crippen LogP contribution in [0.1, 0.15) is 32.6 Å². The van der Waals surface area contributed by atoms with Crippen molar-refractivity contribution >= 4 is 23.9 Å². The number of unbranched alkanes of at least 4 members (excludes halogenated alkanes) is 1. The SMILES string of the molecule is COC(=O)CCCC=CC[C@H]1CO[C@@H](C)O[C@H]1C=NNC(=O)Nc1ccccc1. The number of anilines is 1. The molecule has 0 spiro atoms. The van der Waals surface area contributed by atoms with Crippen LogP contribution < -0.4 is 10.7 Å². The summed E-state index contributed by atoms with van der Waals surface area (Å²) in [6.45, 7) is 2.37. The van der Waals surface area contributed by atoms with E-state index in [1.165, 1.54) is 7.11 Å². The number of carbonyl (C=O) groups excluding carboxylic acids is 2. The van der Waals surface area contributed by atoms with Gasteiger partial charge in [-0.1, -0.05) is 30.4 Å². The number of para-hydroxylation sites is 1. The molecular weight excluding hydrogens is 374 g/mol. The van der Waals surface area contributed by atoms with Crippen molar-refractivity contribution in [2.45, 2.75) is 45.0 Å². The summed E-state index contributed by atoms with van der Waals surface area (Å²) in [6, 6.07) is 8.71. The molecule has 1 heterocycles. The van der Waals surface area contributed by atoms with Crippen LogP contribution >= 0.6 is 0 Å². The minimum Gasteiger partial charge on any atom is -0.469 e. The van der Waals surface area contributed by atoms with Gasteiger partial charge in [0.2, 0.25) is 0 Å². The van der Waals surface area contributed by atoms with E-state index in [9.17, 15) is 9.59 Å². The quantitative estimate of drug-likeness (QED) is 0.216. The molecule has 29 heavy (non-hydrogen) atoms. The van der Waals surface area contributed by atoms with Crippen LogP contribution in [0.4, 0.5) is 10.5 Å². The number of benzene rings is 1. The maximum absolute atomic E-state index is 11.9. The summed E-state index contributed by atoms with van der Waals surface area (Å²) < 4.78 is 16.0. The highest BCUT2D eigenvalue weighted by atomic mass is 16.7. The highest BCUT2D eigenvalue weighted by molar-refractivity contribution is 5.89. The summed E-state index contributed by atoms with van der Waals surface area (Å²) in [6.07, 6.45) is 7.82. The number of allylic oxidation sites excluding steroid dienone is 2. The van der Waals surface area contributed by atoms with E-state index < -0.39 is 6.03 Å². The molecule has 1 fully saturated rings. The van der Waals surface area contributed by atoms with E-state index in [0.29, 0.717) is 18.7 Å². The molecule has 1 aliphatic heterocycles. The zero-order chi connectivity index (χ0) is 20.9. The predicted octanol–water partition coefficient (Wildman–Crippen LogP) is 3.46. The summed E-state index contributed by atoms with van der Waals surface area (Å²) in [5, 5.41) is 6.71. The number of nitrogens with one attached hydrogen (secondary N) is 2. The minimum atomic E-state index is -0.422. The molecule has 1 aliphatic rings. The van der Waals surface area contributed by atoms with Crippen LogP contribution in [0.25, 0.3) is 0 Å². The van der Waals surface area contributed by atoms with Crippen LogP contribution in [0.2, 0.25) is 0 Å². The molecule has 3 atom stereocenters. The molecule has 0 aliphatic carbocycles. The Balaban J connectivity index is 1.77. The summed E-state index contributed by atoms with van der Waals surface area (Å²) in [5.41, 5.74) is 3.14. The first-order valence-electron chi connectivity index (χ1n) is 9.72. The number of hydrogen-bond acceptors (Lipinski definition) is 6. The minimum absolute atomic E-state index is 0.0887. The predicted molar refractivity (Wildman–Crippen MR) is 110 cm³/mol. The molecule has 2 N–H and O–H groups in total. The molecule has 0 aromatic heterocycles. The van der Waals surface area contributed by atoms with Gasteiger partial charge >= 0.3 is 12.0 Å². The van der Waals surface area contributed by atoms with Gasteiger partial charge in [-0.05, 0) is 38.3 Å². The molecule has 158 valence electrons. The monoisotopic (exact) mass is 403 g/mol. The summed E-state index contributed by atoms with van der Waals surface area (Å²) in [7, 11) is 1.39. The average molecular weight is 403 g/mol. The van der Waals surface area contributed by atoms with Crippen LogP contribution in [-0.2, 0) is 19.0 Å². The third kappa shape index (κ3) is 8.89. The number of rotatable bonds is 9. The maximum Gasteiger partial charge on any atom is 0.339 e. The van der Waals surface area contributed by atoms with Gasteiger partial charge in [0, 0.05) is 18.0 Å². The fourth-order valence-corrected chi connectivity index (χ4v) is 2.79. The number of hydrazone groups is 1. The van der Waals surface area contributed by atoms with Crippen molar-refractivity contribution in [3.63, 3.8) is 0 Å². The lowest BCUT2D eigenvalue weighted by atomic mass is 9.98. The number of nitrogens with zero attached hydrogens (tertiary/aromatic N) is 1. The van der Waals surface area contributed by atoms with Gasteiger partial charge in [0.15, 0.2) is 6.29 Å². The van der Waals surface area contributed by atoms with E-state index in [1.807, 2.05) is 31.2 Å². The zero-order valence-corrected chi connectivity index (χ0v) is 16.9. The first kappa shape index (κ1) is 22.6. The molecule has 0 radical (unpaired) electrons. The van der Waals surface area contributed by atoms with Crippen LogP contribution in [0.5, 0.6) is 0 Å². The molecule has 2 amide bonds. The zero-order valence-electron chi connectivity index (χ0n) is 16.9. The Morgan fingerprint density at radius 3 is 2.83 bits per heavy atom. The first-order valence-corrected chi connectivity index (χ1v) is 9.72. The van der Waals surface area contributed by atoms with E-state index in [-0.39, 0.29) is 24.3 Å². The number of esters is 1. The Morgan fingerprint density at radius 2 is 2.07 bits per heavy atom. The Hall–Kier alpha value is -2.71. The lowest BCUT2D eigenvalue weighted by Crippen LogP contribution is -2.40. The lowest BCUT2D eigenvalue weighted by molar-refractivity contribution is -0.206. The molecule has 1 aromatic rings. The normalized spacial score (nSPS) is 21.9. The third-order valence-electron chi connectivity index (χ3n) is 4.36. The first-order chi connectivity index (χ1) is 14.1. The second-order valence-corrected chi connectivity index (χ2v) is 6.65. The molecule has 8 heteroatoms. The topological polar surface area (TPSA) is 98.2 Å². The van der Waals surface area contributed by atoms with Crippen molar-refractivity contribution in [3.8, 4) is 0 Å². The van der Waals surface area contributed by atoms with Crippen LogP contribution in [0, 0.1) is 5.92 Å². The summed E-state index contributed by atoms with van der Waals surface area (Å²) in [5.74, 6) is -0.104. The molecule has 0 bridgehead atoms. The Labute approximate surface area is 171 Å². The van der Waals surface area contributed by atoms with Crippen LogP contribution in [0.15, 0.2) is 47.6 Å². The van der Waals surface area contributed by atoms with Gasteiger partial charge in [0.1, 0.15) is 6.10 Å². The Morgan fingerprint density at radius 1 is 1.28 bits per heavy atom. The number of carbonyl (C=O) groups is 2. The van der Waals surface area contributed by atoms with Crippen molar-refractivity contribution in [2.75, 3.05) is 19.0 Å². The number of ether oxygens (including phenoxy) is 3. The average Bonchev–Trinajstić information content (AvgIpc) is 2.72. The van der Waals surface area contributed by atoms with Gasteiger partial charge < -0.3 is 19.5 Å². The van der Waals surface area contributed by atoms with Crippen molar-refractivity contribution in [1.82, 2.24) is 5.43 Å². The lowest BCUT2D eigenvalue weighted by Gasteiger charge is -2.32. The molecule has 0 saturated carbocycles. The van der Waals surface area contributed by atoms with Gasteiger partial charge in [-0.3, -0.25) is 4.79 Å². The highest BCUT2D eigenvalue weighted by Crippen LogP contribution is 2.21. The molecule has 1 saturated heterocycles. The van der Waals surface area contributed by atoms with Crippen LogP contribution in [-0.4, -0.2) is 44.3 Å². The van der Waals surface area contributed by atoms with Gasteiger partial charge in [0.05, 0.1) is 19.9 Å². The van der Waals surface area contributed by atoms with Crippen molar-refractivity contribution in [3.05, 3.63) is 42.5 Å². The molecule has 0 unspecified atom stereocenters. The smallest absolute Gasteiger partial charge is 0.339 e. The third-order valence-corrected chi connectivity index (χ3v) is 4.36. The fourth-order valence-electron chi connectivity index (χ4n) is 2.79. The second-order valence-electron chi connectivity index (χ2n) is 6.65. The van der Waals surface area contributed by atoms with Crippen LogP contribution in [0.3, 0.4) is 0 Å². The van der Waals surface area contributed by atoms with Gasteiger partial charge in [-0.15, -0.1) is 0 Å². The summed E-state index contributed by atoms with van der Waals surface area (Å²) in [4.78, 5) is 23.0. The molecule has 1 aromatic carbocycles. The molecule has 2 rings (SSSR count). The van der Waals surface area contributed by atoms with E-state index in [2.05, 4.69) is 26.7 Å². The second kappa shape index (κ2) is 12.7. The Kier molecular flexibility index (Phi) is 9.88. The van der Waals surface area contributed by atoms with Crippen molar-refractivity contribution in [2.24, 2.45) is 11.0 Å². The summed E-state index contributed by atoms with van der Waals surface area (Å²) >= 11 is 0. The maximum atomic E-state index is 11.9. The molecular formula is C21H29N3O5. The number of hydrogen-bond donors (Lipinski definition) is 2. The highest BCUT2D eigenvalue weighted by Gasteiger charge is 2.28. The number of urea groups is 1. The van der Waals surface area contributed by atoms with E-state index in [0.717, 1.165) is 19.3 Å². The number of methoxy groups -OCH3 is 1. The van der Waals surface area contributed by atoms with E-state index >= 15 is 0 Å². The molecule has 8 nitrogen and oxygen atoms in total. The standard InChI is InChI=1S/C21H29N3O5/c1-16-28-15-17(10-6-3-4-9-13-20(25)27-2)19(29-16)14-22-24-21(26)23-18-11-7-5-8-12-18/h3,5-8,11-12,14,16-17,19H,4,9-10,13,15H2,1-2H3,(H2,23,24,26)/t16-,17+,19+/m1/s1. The van der Waals surface area contributed by atoms with Crippen molar-refractivity contribution < 1.29 is 23.8 Å². The van der Waals surface area contributed by atoms with Crippen molar-refractivity contribution in [1.29, 1.82) is 0 Å². The van der Waals surface area contributed by atoms with E-state index in [1.54, 1.807) is 18.3 Å². The van der Waals surface area contributed by atoms with Gasteiger partial charge in [-0.2, -0.15) is 5.10 Å². The van der Waals surface area contributed by atoms with Gasteiger partial charge in [-0.25, -0.2) is 10.2 Å². The Bertz CT molecular complexity index is 693. The van der Waals surface area contributed by atoms with Gasteiger partial charge in [0.25, 0.3) is 0 Å². The van der Waals surface area contributed by atoms with E-state index in [4.69, 9.17) is 9.47 Å². The largest absolute Gasteiger partial charge is 0.469 e. The number of amides is 2.